The monoisotopic (exact) mass is 324 g/mol. The van der Waals surface area contributed by atoms with Gasteiger partial charge in [0, 0.05) is 17.2 Å². The van der Waals surface area contributed by atoms with Crippen molar-refractivity contribution in [2.24, 2.45) is 0 Å². The summed E-state index contributed by atoms with van der Waals surface area (Å²) in [5, 5.41) is 5.90. The van der Waals surface area contributed by atoms with E-state index in [0.29, 0.717) is 5.75 Å². The fourth-order valence-corrected chi connectivity index (χ4v) is 3.58. The largest absolute Gasteiger partial charge is 0.462 e. The quantitative estimate of drug-likeness (QED) is 0.799. The van der Waals surface area contributed by atoms with Gasteiger partial charge in [0.15, 0.2) is 10.8 Å². The van der Waals surface area contributed by atoms with Gasteiger partial charge in [-0.25, -0.2) is 4.98 Å². The fraction of sp³-hybridized carbons (Fsp3) is 0.467. The highest BCUT2D eigenvalue weighted by atomic mass is 32.2. The van der Waals surface area contributed by atoms with E-state index in [4.69, 9.17) is 4.42 Å². The highest BCUT2D eigenvalue weighted by Crippen LogP contribution is 2.25. The minimum absolute atomic E-state index is 0.0995. The number of hydrogen-bond acceptors (Lipinski definition) is 5. The third-order valence-corrected chi connectivity index (χ3v) is 4.77. The van der Waals surface area contributed by atoms with Crippen LogP contribution in [-0.2, 0) is 10.5 Å². The molecular formula is C15H20N2O2S2. The number of aromatic nitrogens is 1. The second kappa shape index (κ2) is 8.24. The Labute approximate surface area is 133 Å². The number of amides is 1. The molecule has 0 fully saturated rings. The van der Waals surface area contributed by atoms with Gasteiger partial charge in [0.05, 0.1) is 17.7 Å². The van der Waals surface area contributed by atoms with E-state index in [0.717, 1.165) is 35.1 Å². The van der Waals surface area contributed by atoms with Crippen molar-refractivity contribution in [1.29, 1.82) is 0 Å². The minimum Gasteiger partial charge on any atom is -0.462 e. The number of thiazole rings is 1. The molecule has 1 unspecified atom stereocenters. The van der Waals surface area contributed by atoms with Crippen LogP contribution in [0, 0.1) is 0 Å². The number of nitrogens with one attached hydrogen (secondary N) is 1. The van der Waals surface area contributed by atoms with Crippen LogP contribution in [0.25, 0.3) is 10.8 Å². The average molecular weight is 324 g/mol. The first kappa shape index (κ1) is 16.1. The minimum atomic E-state index is 0.0995. The number of thioether (sulfide) groups is 1. The van der Waals surface area contributed by atoms with Crippen molar-refractivity contribution in [3.63, 3.8) is 0 Å². The molecule has 0 spiro atoms. The molecule has 6 heteroatoms. The van der Waals surface area contributed by atoms with Crippen LogP contribution in [0.1, 0.15) is 32.4 Å². The molecule has 2 heterocycles. The van der Waals surface area contributed by atoms with Gasteiger partial charge in [0.1, 0.15) is 0 Å². The van der Waals surface area contributed by atoms with Crippen molar-refractivity contribution in [1.82, 2.24) is 10.3 Å². The maximum absolute atomic E-state index is 11.7. The summed E-state index contributed by atoms with van der Waals surface area (Å²) < 4.78 is 5.32. The van der Waals surface area contributed by atoms with Crippen LogP contribution >= 0.6 is 23.1 Å². The van der Waals surface area contributed by atoms with E-state index in [-0.39, 0.29) is 11.9 Å². The van der Waals surface area contributed by atoms with Gasteiger partial charge in [-0.15, -0.1) is 23.1 Å². The molecule has 0 aliphatic carbocycles. The van der Waals surface area contributed by atoms with Crippen LogP contribution in [0.2, 0.25) is 0 Å². The SMILES string of the molecule is CCCC(C)NC(=O)CSCc1csc(-c2ccco2)n1. The van der Waals surface area contributed by atoms with Gasteiger partial charge in [-0.05, 0) is 25.5 Å². The van der Waals surface area contributed by atoms with E-state index in [1.165, 1.54) is 0 Å². The van der Waals surface area contributed by atoms with E-state index in [9.17, 15) is 4.79 Å². The van der Waals surface area contributed by atoms with Crippen molar-refractivity contribution in [3.8, 4) is 10.8 Å². The number of rotatable bonds is 8. The van der Waals surface area contributed by atoms with Crippen molar-refractivity contribution in [2.45, 2.75) is 38.5 Å². The second-order valence-electron chi connectivity index (χ2n) is 4.87. The van der Waals surface area contributed by atoms with E-state index in [2.05, 4.69) is 17.2 Å². The summed E-state index contributed by atoms with van der Waals surface area (Å²) in [5.74, 6) is 2.11. The van der Waals surface area contributed by atoms with Gasteiger partial charge < -0.3 is 9.73 Å². The molecule has 0 bridgehead atoms. The summed E-state index contributed by atoms with van der Waals surface area (Å²) in [6, 6.07) is 4.01. The number of carbonyl (C=O) groups excluding carboxylic acids is 1. The highest BCUT2D eigenvalue weighted by Gasteiger charge is 2.09. The first-order chi connectivity index (χ1) is 10.2. The number of nitrogens with zero attached hydrogens (tertiary/aromatic N) is 1. The van der Waals surface area contributed by atoms with Crippen molar-refractivity contribution in [3.05, 3.63) is 29.5 Å². The van der Waals surface area contributed by atoms with E-state index in [1.54, 1.807) is 29.4 Å². The average Bonchev–Trinajstić information content (AvgIpc) is 3.09. The van der Waals surface area contributed by atoms with Crippen LogP contribution in [0.3, 0.4) is 0 Å². The van der Waals surface area contributed by atoms with Crippen LogP contribution in [0.15, 0.2) is 28.2 Å². The highest BCUT2D eigenvalue weighted by molar-refractivity contribution is 7.99. The Morgan fingerprint density at radius 2 is 2.43 bits per heavy atom. The fourth-order valence-electron chi connectivity index (χ4n) is 1.96. The molecule has 0 saturated heterocycles. The number of hydrogen-bond donors (Lipinski definition) is 1. The molecule has 0 radical (unpaired) electrons. The zero-order valence-corrected chi connectivity index (χ0v) is 13.9. The molecule has 0 aliphatic heterocycles. The van der Waals surface area contributed by atoms with Crippen LogP contribution < -0.4 is 5.32 Å². The molecule has 21 heavy (non-hydrogen) atoms. The normalized spacial score (nSPS) is 12.3. The molecule has 2 aromatic heterocycles. The molecule has 0 aromatic carbocycles. The standard InChI is InChI=1S/C15H20N2O2S2/c1-3-5-11(2)16-14(18)10-20-8-12-9-21-15(17-12)13-6-4-7-19-13/h4,6-7,9,11H,3,5,8,10H2,1-2H3,(H,16,18). The summed E-state index contributed by atoms with van der Waals surface area (Å²) >= 11 is 3.15. The van der Waals surface area contributed by atoms with Crippen LogP contribution in [0.5, 0.6) is 0 Å². The summed E-state index contributed by atoms with van der Waals surface area (Å²) in [7, 11) is 0. The van der Waals surface area contributed by atoms with Crippen molar-refractivity contribution in [2.75, 3.05) is 5.75 Å². The van der Waals surface area contributed by atoms with Crippen molar-refractivity contribution < 1.29 is 9.21 Å². The first-order valence-corrected chi connectivity index (χ1v) is 9.08. The zero-order valence-electron chi connectivity index (χ0n) is 12.3. The van der Waals surface area contributed by atoms with Gasteiger partial charge in [0.2, 0.25) is 5.91 Å². The molecule has 2 aromatic rings. The Hall–Kier alpha value is -1.27. The summed E-state index contributed by atoms with van der Waals surface area (Å²) in [6.45, 7) is 4.17. The Kier molecular flexibility index (Phi) is 6.32. The lowest BCUT2D eigenvalue weighted by Crippen LogP contribution is -2.33. The Bertz CT molecular complexity index is 552. The molecule has 1 N–H and O–H groups in total. The predicted molar refractivity (Wildman–Crippen MR) is 88.5 cm³/mol. The van der Waals surface area contributed by atoms with Gasteiger partial charge in [-0.2, -0.15) is 0 Å². The third-order valence-electron chi connectivity index (χ3n) is 2.90. The Morgan fingerprint density at radius 3 is 3.14 bits per heavy atom. The number of furan rings is 1. The topological polar surface area (TPSA) is 55.1 Å². The summed E-state index contributed by atoms with van der Waals surface area (Å²) in [6.07, 6.45) is 3.75. The van der Waals surface area contributed by atoms with E-state index in [1.807, 2.05) is 24.4 Å². The molecule has 114 valence electrons. The van der Waals surface area contributed by atoms with Crippen LogP contribution in [0.4, 0.5) is 0 Å². The molecule has 4 nitrogen and oxygen atoms in total. The first-order valence-electron chi connectivity index (χ1n) is 7.04. The zero-order chi connectivity index (χ0) is 15.1. The molecule has 0 aliphatic rings. The lowest BCUT2D eigenvalue weighted by atomic mass is 10.2. The van der Waals surface area contributed by atoms with Crippen molar-refractivity contribution >= 4 is 29.0 Å². The second-order valence-corrected chi connectivity index (χ2v) is 6.72. The molecule has 2 rings (SSSR count). The smallest absolute Gasteiger partial charge is 0.230 e. The Balaban J connectivity index is 1.73. The molecule has 1 amide bonds. The van der Waals surface area contributed by atoms with Gasteiger partial charge in [0.25, 0.3) is 0 Å². The van der Waals surface area contributed by atoms with Gasteiger partial charge in [-0.3, -0.25) is 4.79 Å². The van der Waals surface area contributed by atoms with Gasteiger partial charge in [-0.1, -0.05) is 13.3 Å². The van der Waals surface area contributed by atoms with Gasteiger partial charge >= 0.3 is 0 Å². The molecule has 0 saturated carbocycles. The van der Waals surface area contributed by atoms with E-state index < -0.39 is 0 Å². The van der Waals surface area contributed by atoms with Crippen LogP contribution in [-0.4, -0.2) is 22.7 Å². The van der Waals surface area contributed by atoms with E-state index >= 15 is 0 Å². The third kappa shape index (κ3) is 5.21. The molecule has 1 atom stereocenters. The summed E-state index contributed by atoms with van der Waals surface area (Å²) in [5.41, 5.74) is 0.991. The molecular weight excluding hydrogens is 304 g/mol. The number of carbonyl (C=O) groups is 1. The summed E-state index contributed by atoms with van der Waals surface area (Å²) in [4.78, 5) is 16.3. The lowest BCUT2D eigenvalue weighted by Gasteiger charge is -2.12. The maximum atomic E-state index is 11.7. The Morgan fingerprint density at radius 1 is 1.57 bits per heavy atom. The maximum Gasteiger partial charge on any atom is 0.230 e. The lowest BCUT2D eigenvalue weighted by molar-refractivity contribution is -0.119. The predicted octanol–water partition coefficient (Wildman–Crippen LogP) is 3.94.